The van der Waals surface area contributed by atoms with Crippen molar-refractivity contribution in [1.82, 2.24) is 15.2 Å². The number of aromatic nitrogens is 1. The van der Waals surface area contributed by atoms with Crippen LogP contribution in [0.2, 0.25) is 0 Å². The summed E-state index contributed by atoms with van der Waals surface area (Å²) in [6, 6.07) is 6.66. The van der Waals surface area contributed by atoms with E-state index in [4.69, 9.17) is 0 Å². The van der Waals surface area contributed by atoms with E-state index in [1.165, 1.54) is 15.9 Å². The number of amides is 2. The van der Waals surface area contributed by atoms with Crippen LogP contribution in [-0.2, 0) is 9.59 Å². The average molecular weight is 490 g/mol. The number of hydrogen-bond acceptors (Lipinski definition) is 5. The summed E-state index contributed by atoms with van der Waals surface area (Å²) in [5, 5.41) is 12.8. The van der Waals surface area contributed by atoms with E-state index in [-0.39, 0.29) is 29.6 Å². The maximum atomic E-state index is 15.2. The van der Waals surface area contributed by atoms with Crippen LogP contribution in [0.25, 0.3) is 0 Å². The molecule has 2 aromatic rings. The van der Waals surface area contributed by atoms with E-state index in [1.807, 2.05) is 0 Å². The Morgan fingerprint density at radius 1 is 1.11 bits per heavy atom. The van der Waals surface area contributed by atoms with Gasteiger partial charge >= 0.3 is 0 Å². The molecule has 2 amide bonds. The van der Waals surface area contributed by atoms with Gasteiger partial charge in [-0.1, -0.05) is 31.4 Å². The lowest BCUT2D eigenvalue weighted by molar-refractivity contribution is -0.128. The molecule has 1 aliphatic heterocycles. The molecule has 3 fully saturated rings. The van der Waals surface area contributed by atoms with Crippen LogP contribution in [0, 0.1) is 17.3 Å². The van der Waals surface area contributed by atoms with Crippen molar-refractivity contribution in [3.63, 3.8) is 0 Å². The first-order valence-electron chi connectivity index (χ1n) is 13.1. The summed E-state index contributed by atoms with van der Waals surface area (Å²) < 4.78 is 15.2. The quantitative estimate of drug-likeness (QED) is 0.576. The Kier molecular flexibility index (Phi) is 7.17. The predicted molar refractivity (Wildman–Crippen MR) is 133 cm³/mol. The zero-order valence-electron chi connectivity index (χ0n) is 20.4. The van der Waals surface area contributed by atoms with Crippen LogP contribution in [-0.4, -0.2) is 40.3 Å². The SMILES string of the molecule is N#CN1CCC[C@@H]1C(=O)N(c1ccc(C2CC2)c(F)c1)C(C(=O)NC1CCCCC1)c1cccnc1. The van der Waals surface area contributed by atoms with Gasteiger partial charge in [0, 0.05) is 36.2 Å². The zero-order chi connectivity index (χ0) is 25.1. The molecule has 0 bridgehead atoms. The van der Waals surface area contributed by atoms with Crippen LogP contribution < -0.4 is 10.2 Å². The number of nitriles is 1. The third-order valence-electron chi connectivity index (χ3n) is 7.64. The summed E-state index contributed by atoms with van der Waals surface area (Å²) >= 11 is 0. The number of anilines is 1. The number of pyridine rings is 1. The minimum absolute atomic E-state index is 0.0402. The molecule has 2 heterocycles. The van der Waals surface area contributed by atoms with Crippen molar-refractivity contribution >= 4 is 17.5 Å². The third kappa shape index (κ3) is 5.06. The van der Waals surface area contributed by atoms with Gasteiger partial charge in [0.25, 0.3) is 5.91 Å². The van der Waals surface area contributed by atoms with Crippen molar-refractivity contribution in [1.29, 1.82) is 5.26 Å². The average Bonchev–Trinajstić information content (AvgIpc) is 3.63. The maximum absolute atomic E-state index is 15.2. The highest BCUT2D eigenvalue weighted by Gasteiger charge is 2.41. The Morgan fingerprint density at radius 3 is 2.58 bits per heavy atom. The molecule has 5 rings (SSSR count). The van der Waals surface area contributed by atoms with E-state index < -0.39 is 12.1 Å². The van der Waals surface area contributed by atoms with E-state index in [1.54, 1.807) is 36.7 Å². The van der Waals surface area contributed by atoms with Gasteiger partial charge in [-0.15, -0.1) is 0 Å². The first kappa shape index (κ1) is 24.2. The molecule has 1 unspecified atom stereocenters. The number of benzene rings is 1. The fourth-order valence-corrected chi connectivity index (χ4v) is 5.58. The summed E-state index contributed by atoms with van der Waals surface area (Å²) in [5.74, 6) is -0.832. The van der Waals surface area contributed by atoms with Gasteiger partial charge in [0.2, 0.25) is 5.91 Å². The molecule has 7 nitrogen and oxygen atoms in total. The fraction of sp³-hybridized carbons (Fsp3) is 0.500. The monoisotopic (exact) mass is 489 g/mol. The summed E-state index contributed by atoms with van der Waals surface area (Å²) in [6.45, 7) is 0.488. The van der Waals surface area contributed by atoms with E-state index in [0.29, 0.717) is 36.2 Å². The Bertz CT molecular complexity index is 1140. The van der Waals surface area contributed by atoms with Gasteiger partial charge < -0.3 is 5.32 Å². The van der Waals surface area contributed by atoms with E-state index >= 15 is 4.39 Å². The smallest absolute Gasteiger partial charge is 0.251 e. The second-order valence-corrected chi connectivity index (χ2v) is 10.2. The highest BCUT2D eigenvalue weighted by molar-refractivity contribution is 6.04. The lowest BCUT2D eigenvalue weighted by Gasteiger charge is -2.35. The van der Waals surface area contributed by atoms with Crippen molar-refractivity contribution in [3.05, 3.63) is 59.7 Å². The molecular formula is C28H32FN5O2. The number of rotatable bonds is 7. The van der Waals surface area contributed by atoms with Gasteiger partial charge in [-0.05, 0) is 68.2 Å². The molecule has 2 aliphatic carbocycles. The minimum Gasteiger partial charge on any atom is -0.351 e. The zero-order valence-corrected chi connectivity index (χ0v) is 20.4. The lowest BCUT2D eigenvalue weighted by Crippen LogP contribution is -2.51. The second-order valence-electron chi connectivity index (χ2n) is 10.2. The van der Waals surface area contributed by atoms with E-state index in [0.717, 1.165) is 44.9 Å². The van der Waals surface area contributed by atoms with Crippen LogP contribution in [0.15, 0.2) is 42.7 Å². The molecule has 0 radical (unpaired) electrons. The van der Waals surface area contributed by atoms with Crippen molar-refractivity contribution in [2.75, 3.05) is 11.4 Å². The molecule has 1 aromatic carbocycles. The largest absolute Gasteiger partial charge is 0.351 e. The van der Waals surface area contributed by atoms with Gasteiger partial charge in [0.15, 0.2) is 6.19 Å². The molecule has 8 heteroatoms. The van der Waals surface area contributed by atoms with Crippen molar-refractivity contribution in [2.24, 2.45) is 0 Å². The summed E-state index contributed by atoms with van der Waals surface area (Å²) in [4.78, 5) is 35.0. The first-order valence-corrected chi connectivity index (χ1v) is 13.1. The highest BCUT2D eigenvalue weighted by atomic mass is 19.1. The Balaban J connectivity index is 1.56. The molecule has 36 heavy (non-hydrogen) atoms. The number of nitrogens with one attached hydrogen (secondary N) is 1. The molecule has 1 aromatic heterocycles. The van der Waals surface area contributed by atoms with Crippen LogP contribution >= 0.6 is 0 Å². The van der Waals surface area contributed by atoms with Gasteiger partial charge in [-0.2, -0.15) is 5.26 Å². The lowest BCUT2D eigenvalue weighted by atomic mass is 9.94. The van der Waals surface area contributed by atoms with E-state index in [2.05, 4.69) is 16.5 Å². The Hall–Kier alpha value is -3.47. The number of nitrogens with zero attached hydrogens (tertiary/aromatic N) is 4. The van der Waals surface area contributed by atoms with Crippen LogP contribution in [0.4, 0.5) is 10.1 Å². The maximum Gasteiger partial charge on any atom is 0.251 e. The van der Waals surface area contributed by atoms with Gasteiger partial charge in [0.1, 0.15) is 17.9 Å². The number of carbonyl (C=O) groups excluding carboxylic acids is 2. The fourth-order valence-electron chi connectivity index (χ4n) is 5.58. The van der Waals surface area contributed by atoms with E-state index in [9.17, 15) is 14.9 Å². The van der Waals surface area contributed by atoms with Gasteiger partial charge in [-0.25, -0.2) is 4.39 Å². The number of carbonyl (C=O) groups is 2. The van der Waals surface area contributed by atoms with Gasteiger partial charge in [0.05, 0.1) is 0 Å². The van der Waals surface area contributed by atoms with Crippen LogP contribution in [0.1, 0.15) is 80.9 Å². The van der Waals surface area contributed by atoms with Gasteiger partial charge in [-0.3, -0.25) is 24.4 Å². The second kappa shape index (κ2) is 10.7. The molecule has 188 valence electrons. The third-order valence-corrected chi connectivity index (χ3v) is 7.64. The summed E-state index contributed by atoms with van der Waals surface area (Å²) in [6.07, 6.45) is 13.5. The van der Waals surface area contributed by atoms with Crippen molar-refractivity contribution < 1.29 is 14.0 Å². The van der Waals surface area contributed by atoms with Crippen LogP contribution in [0.5, 0.6) is 0 Å². The van der Waals surface area contributed by atoms with Crippen LogP contribution in [0.3, 0.4) is 0 Å². The topological polar surface area (TPSA) is 89.3 Å². The molecule has 0 spiro atoms. The standard InChI is InChI=1S/C28H32FN5O2/c29-24-16-22(12-13-23(24)19-10-11-19)34(28(36)25-9-5-15-33(25)18-30)26(20-6-4-14-31-17-20)27(35)32-21-7-2-1-3-8-21/h4,6,12-14,16-17,19,21,25-26H,1-3,5,7-11,15H2,(H,32,35)/t25-,26?/m1/s1. The first-order chi connectivity index (χ1) is 17.6. The molecule has 1 saturated heterocycles. The molecular weight excluding hydrogens is 457 g/mol. The normalized spacial score (nSPS) is 21.0. The molecule has 2 atom stereocenters. The molecule has 2 saturated carbocycles. The number of hydrogen-bond donors (Lipinski definition) is 1. The Morgan fingerprint density at radius 2 is 1.92 bits per heavy atom. The molecule has 1 N–H and O–H groups in total. The highest BCUT2D eigenvalue weighted by Crippen LogP contribution is 2.42. The summed E-state index contributed by atoms with van der Waals surface area (Å²) in [7, 11) is 0. The van der Waals surface area contributed by atoms with Crippen molar-refractivity contribution in [3.8, 4) is 6.19 Å². The molecule has 3 aliphatic rings. The number of likely N-dealkylation sites (tertiary alicyclic amines) is 1. The Labute approximate surface area is 211 Å². The number of halogens is 1. The minimum atomic E-state index is -1.03. The predicted octanol–water partition coefficient (Wildman–Crippen LogP) is 4.57. The van der Waals surface area contributed by atoms with Crippen molar-refractivity contribution in [2.45, 2.75) is 81.8 Å². The summed E-state index contributed by atoms with van der Waals surface area (Å²) in [5.41, 5.74) is 1.52.